The molecule has 1 aromatic heterocycles. The summed E-state index contributed by atoms with van der Waals surface area (Å²) >= 11 is 6.90. The zero-order valence-electron chi connectivity index (χ0n) is 8.36. The molecule has 6 heteroatoms. The van der Waals surface area contributed by atoms with E-state index in [1.807, 2.05) is 4.57 Å². The first-order valence-corrected chi connectivity index (χ1v) is 6.26. The Hall–Kier alpha value is -0.330. The number of aromatic amines is 1. The monoisotopic (exact) mass is 233 g/mol. The number of H-pyrrole nitrogens is 1. The zero-order valence-corrected chi connectivity index (χ0v) is 9.99. The van der Waals surface area contributed by atoms with Gasteiger partial charge >= 0.3 is 0 Å². The molecule has 2 N–H and O–H groups in total. The fourth-order valence-electron chi connectivity index (χ4n) is 1.32. The second-order valence-electron chi connectivity index (χ2n) is 3.10. The Kier molecular flexibility index (Phi) is 4.64. The first-order valence-electron chi connectivity index (χ1n) is 4.46. The van der Waals surface area contributed by atoms with E-state index in [2.05, 4.69) is 23.4 Å². The molecule has 14 heavy (non-hydrogen) atoms. The minimum Gasteiger partial charge on any atom is -0.388 e. The van der Waals surface area contributed by atoms with Gasteiger partial charge in [-0.2, -0.15) is 16.9 Å². The smallest absolute Gasteiger partial charge is 0.195 e. The summed E-state index contributed by atoms with van der Waals surface area (Å²) < 4.78 is 2.47. The number of hydrogen-bond acceptors (Lipinski definition) is 4. The topological polar surface area (TPSA) is 53.8 Å². The van der Waals surface area contributed by atoms with Gasteiger partial charge in [-0.15, -0.1) is 0 Å². The molecule has 0 saturated carbocycles. The molecule has 0 radical (unpaired) electrons. The fraction of sp³-hybridized carbons (Fsp3) is 0.750. The van der Waals surface area contributed by atoms with Crippen LogP contribution in [0.5, 0.6) is 0 Å². The van der Waals surface area contributed by atoms with Crippen LogP contribution in [0.3, 0.4) is 0 Å². The van der Waals surface area contributed by atoms with Gasteiger partial charge < -0.3 is 5.11 Å². The maximum absolute atomic E-state index is 9.05. The predicted octanol–water partition coefficient (Wildman–Crippen LogP) is 1.75. The van der Waals surface area contributed by atoms with Crippen molar-refractivity contribution in [3.63, 3.8) is 0 Å². The third-order valence-electron chi connectivity index (χ3n) is 2.10. The van der Waals surface area contributed by atoms with E-state index in [4.69, 9.17) is 17.3 Å². The number of rotatable bonds is 5. The van der Waals surface area contributed by atoms with Crippen LogP contribution in [0.25, 0.3) is 0 Å². The molecule has 0 aliphatic rings. The van der Waals surface area contributed by atoms with Crippen LogP contribution in [0, 0.1) is 4.77 Å². The fourth-order valence-corrected chi connectivity index (χ4v) is 2.23. The second-order valence-corrected chi connectivity index (χ2v) is 4.48. The lowest BCUT2D eigenvalue weighted by atomic mass is 10.2. The lowest BCUT2D eigenvalue weighted by Crippen LogP contribution is -2.10. The number of hydrogen-bond donors (Lipinski definition) is 2. The molecule has 0 aliphatic heterocycles. The van der Waals surface area contributed by atoms with Crippen LogP contribution in [0.15, 0.2) is 0 Å². The molecule has 0 saturated heterocycles. The molecule has 1 rings (SSSR count). The lowest BCUT2D eigenvalue weighted by molar-refractivity contribution is 0.260. The van der Waals surface area contributed by atoms with E-state index in [1.165, 1.54) is 0 Å². The van der Waals surface area contributed by atoms with Crippen LogP contribution < -0.4 is 0 Å². The number of nitrogens with zero attached hydrogens (tertiary/aromatic N) is 2. The number of aromatic nitrogens is 3. The van der Waals surface area contributed by atoms with Crippen molar-refractivity contribution < 1.29 is 5.11 Å². The number of nitrogens with one attached hydrogen (secondary N) is 1. The van der Waals surface area contributed by atoms with Crippen LogP contribution in [-0.2, 0) is 6.61 Å². The molecule has 1 heterocycles. The van der Waals surface area contributed by atoms with Crippen molar-refractivity contribution in [2.24, 2.45) is 0 Å². The van der Waals surface area contributed by atoms with Crippen molar-refractivity contribution in [3.8, 4) is 0 Å². The highest BCUT2D eigenvalue weighted by Gasteiger charge is 2.11. The molecule has 4 nitrogen and oxygen atoms in total. The first-order chi connectivity index (χ1) is 6.70. The summed E-state index contributed by atoms with van der Waals surface area (Å²) in [5.74, 6) is 1.70. The van der Waals surface area contributed by atoms with E-state index >= 15 is 0 Å². The SMILES string of the molecule is CSCCC(C)n1c(CO)n[nH]c1=S. The Bertz CT molecular complexity index is 334. The molecule has 0 bridgehead atoms. The second kappa shape index (κ2) is 5.53. The molecule has 0 amide bonds. The minimum absolute atomic E-state index is 0.0727. The summed E-state index contributed by atoms with van der Waals surface area (Å²) in [4.78, 5) is 0. The molecule has 0 spiro atoms. The standard InChI is InChI=1S/C8H15N3OS2/c1-6(3-4-14-2)11-7(5-12)9-10-8(11)13/h6,12H,3-5H2,1-2H3,(H,10,13). The molecule has 0 fully saturated rings. The van der Waals surface area contributed by atoms with Gasteiger partial charge in [0.25, 0.3) is 0 Å². The number of aliphatic hydroxyl groups excluding tert-OH is 1. The summed E-state index contributed by atoms with van der Waals surface area (Å²) in [7, 11) is 0. The van der Waals surface area contributed by atoms with Crippen LogP contribution in [0.1, 0.15) is 25.2 Å². The van der Waals surface area contributed by atoms with E-state index in [0.29, 0.717) is 10.6 Å². The Balaban J connectivity index is 2.81. The van der Waals surface area contributed by atoms with Crippen molar-refractivity contribution in [1.82, 2.24) is 14.8 Å². The third kappa shape index (κ3) is 2.59. The average molecular weight is 233 g/mol. The van der Waals surface area contributed by atoms with Gasteiger partial charge in [-0.1, -0.05) is 0 Å². The molecule has 1 unspecified atom stereocenters. The Morgan fingerprint density at radius 2 is 2.43 bits per heavy atom. The summed E-state index contributed by atoms with van der Waals surface area (Å²) in [5, 5.41) is 15.7. The Morgan fingerprint density at radius 3 is 3.00 bits per heavy atom. The van der Waals surface area contributed by atoms with E-state index < -0.39 is 0 Å². The largest absolute Gasteiger partial charge is 0.388 e. The van der Waals surface area contributed by atoms with E-state index in [9.17, 15) is 0 Å². The summed E-state index contributed by atoms with van der Waals surface area (Å²) in [6, 6.07) is 0.288. The average Bonchev–Trinajstić information content (AvgIpc) is 2.56. The van der Waals surface area contributed by atoms with Crippen molar-refractivity contribution >= 4 is 24.0 Å². The Morgan fingerprint density at radius 1 is 1.71 bits per heavy atom. The molecule has 1 aromatic rings. The van der Waals surface area contributed by atoms with Crippen LogP contribution in [0.2, 0.25) is 0 Å². The predicted molar refractivity (Wildman–Crippen MR) is 61.0 cm³/mol. The van der Waals surface area contributed by atoms with Gasteiger partial charge in [0.15, 0.2) is 10.6 Å². The number of aliphatic hydroxyl groups is 1. The van der Waals surface area contributed by atoms with Gasteiger partial charge in [-0.25, -0.2) is 0 Å². The molecule has 80 valence electrons. The van der Waals surface area contributed by atoms with Crippen LogP contribution in [-0.4, -0.2) is 31.9 Å². The number of thioether (sulfide) groups is 1. The van der Waals surface area contributed by atoms with Crippen molar-refractivity contribution in [2.45, 2.75) is 26.0 Å². The highest BCUT2D eigenvalue weighted by atomic mass is 32.2. The summed E-state index contributed by atoms with van der Waals surface area (Å²) in [6.07, 6.45) is 3.11. The Labute approximate surface area is 92.7 Å². The van der Waals surface area contributed by atoms with Crippen molar-refractivity contribution in [2.75, 3.05) is 12.0 Å². The van der Waals surface area contributed by atoms with Crippen molar-refractivity contribution in [1.29, 1.82) is 0 Å². The maximum Gasteiger partial charge on any atom is 0.195 e. The van der Waals surface area contributed by atoms with Crippen LogP contribution in [0.4, 0.5) is 0 Å². The van der Waals surface area contributed by atoms with Gasteiger partial charge in [0.05, 0.1) is 0 Å². The summed E-state index contributed by atoms with van der Waals surface area (Å²) in [5.41, 5.74) is 0. The first kappa shape index (κ1) is 11.7. The van der Waals surface area contributed by atoms with Gasteiger partial charge in [-0.05, 0) is 37.6 Å². The quantitative estimate of drug-likeness (QED) is 0.761. The van der Waals surface area contributed by atoms with Crippen LogP contribution >= 0.6 is 24.0 Å². The summed E-state index contributed by atoms with van der Waals surface area (Å²) in [6.45, 7) is 2.01. The maximum atomic E-state index is 9.05. The van der Waals surface area contributed by atoms with Gasteiger partial charge in [0, 0.05) is 6.04 Å². The molecular formula is C8H15N3OS2. The molecular weight excluding hydrogens is 218 g/mol. The van der Waals surface area contributed by atoms with Gasteiger partial charge in [-0.3, -0.25) is 9.67 Å². The van der Waals surface area contributed by atoms with E-state index in [1.54, 1.807) is 11.8 Å². The highest BCUT2D eigenvalue weighted by molar-refractivity contribution is 7.98. The minimum atomic E-state index is -0.0727. The lowest BCUT2D eigenvalue weighted by Gasteiger charge is -2.13. The van der Waals surface area contributed by atoms with E-state index in [0.717, 1.165) is 12.2 Å². The normalized spacial score (nSPS) is 13.1. The van der Waals surface area contributed by atoms with Gasteiger partial charge in [0.2, 0.25) is 0 Å². The van der Waals surface area contributed by atoms with Gasteiger partial charge in [0.1, 0.15) is 6.61 Å². The third-order valence-corrected chi connectivity index (χ3v) is 3.03. The molecule has 0 aromatic carbocycles. The van der Waals surface area contributed by atoms with E-state index in [-0.39, 0.29) is 12.6 Å². The molecule has 0 aliphatic carbocycles. The highest BCUT2D eigenvalue weighted by Crippen LogP contribution is 2.15. The zero-order chi connectivity index (χ0) is 10.6. The molecule has 1 atom stereocenters. The van der Waals surface area contributed by atoms with Crippen molar-refractivity contribution in [3.05, 3.63) is 10.6 Å².